The third kappa shape index (κ3) is 1.88. The Morgan fingerprint density at radius 1 is 0.875 bits per heavy atom. The SMILES string of the molecule is NCC(CO)c1c(F)c(F)c(F)c(F)c1F. The van der Waals surface area contributed by atoms with Crippen molar-refractivity contribution in [2.45, 2.75) is 5.92 Å². The average Bonchev–Trinajstić information content (AvgIpc) is 2.29. The molecule has 0 saturated carbocycles. The zero-order valence-corrected chi connectivity index (χ0v) is 7.91. The van der Waals surface area contributed by atoms with E-state index in [4.69, 9.17) is 10.8 Å². The van der Waals surface area contributed by atoms with Crippen LogP contribution in [0, 0.1) is 29.1 Å². The second kappa shape index (κ2) is 4.75. The van der Waals surface area contributed by atoms with Gasteiger partial charge in [0.05, 0.1) is 6.61 Å². The number of aliphatic hydroxyl groups excluding tert-OH is 1. The number of hydrogen-bond acceptors (Lipinski definition) is 2. The lowest BCUT2D eigenvalue weighted by Gasteiger charge is -2.15. The first kappa shape index (κ1) is 12.9. The molecule has 3 N–H and O–H groups in total. The Morgan fingerprint density at radius 3 is 1.56 bits per heavy atom. The minimum absolute atomic E-state index is 0.436. The highest BCUT2D eigenvalue weighted by atomic mass is 19.2. The molecule has 0 fully saturated rings. The highest BCUT2D eigenvalue weighted by Gasteiger charge is 2.29. The van der Waals surface area contributed by atoms with Crippen LogP contribution in [0.25, 0.3) is 0 Å². The van der Waals surface area contributed by atoms with Crippen LogP contribution in [0.3, 0.4) is 0 Å². The van der Waals surface area contributed by atoms with Crippen molar-refractivity contribution in [1.29, 1.82) is 0 Å². The molecule has 7 heteroatoms. The first-order chi connectivity index (χ1) is 7.45. The van der Waals surface area contributed by atoms with Gasteiger partial charge in [0, 0.05) is 18.0 Å². The number of benzene rings is 1. The van der Waals surface area contributed by atoms with Crippen molar-refractivity contribution in [1.82, 2.24) is 0 Å². The Bertz CT molecular complexity index is 376. The summed E-state index contributed by atoms with van der Waals surface area (Å²) >= 11 is 0. The Kier molecular flexibility index (Phi) is 3.82. The largest absolute Gasteiger partial charge is 0.396 e. The zero-order chi connectivity index (χ0) is 12.5. The number of halogens is 5. The normalized spacial score (nSPS) is 12.9. The van der Waals surface area contributed by atoms with Crippen molar-refractivity contribution in [2.75, 3.05) is 13.2 Å². The van der Waals surface area contributed by atoms with E-state index in [1.807, 2.05) is 0 Å². The maximum atomic E-state index is 13.1. The smallest absolute Gasteiger partial charge is 0.200 e. The Morgan fingerprint density at radius 2 is 1.25 bits per heavy atom. The lowest BCUT2D eigenvalue weighted by molar-refractivity contribution is 0.257. The van der Waals surface area contributed by atoms with Crippen molar-refractivity contribution >= 4 is 0 Å². The summed E-state index contributed by atoms with van der Waals surface area (Å²) in [6.45, 7) is -1.25. The van der Waals surface area contributed by atoms with Gasteiger partial charge in [0.25, 0.3) is 0 Å². The Balaban J connectivity index is 3.50. The van der Waals surface area contributed by atoms with E-state index >= 15 is 0 Å². The Labute approximate surface area is 87.5 Å². The van der Waals surface area contributed by atoms with Crippen molar-refractivity contribution < 1.29 is 27.1 Å². The molecule has 0 spiro atoms. The van der Waals surface area contributed by atoms with Crippen molar-refractivity contribution in [3.8, 4) is 0 Å². The van der Waals surface area contributed by atoms with E-state index < -0.39 is 53.7 Å². The predicted molar refractivity (Wildman–Crippen MR) is 45.1 cm³/mol. The van der Waals surface area contributed by atoms with E-state index in [1.165, 1.54) is 0 Å². The van der Waals surface area contributed by atoms with Crippen LogP contribution < -0.4 is 5.73 Å². The van der Waals surface area contributed by atoms with E-state index in [0.717, 1.165) is 0 Å². The molecule has 1 unspecified atom stereocenters. The third-order valence-electron chi connectivity index (χ3n) is 2.16. The molecular formula is C9H8F5NO. The summed E-state index contributed by atoms with van der Waals surface area (Å²) in [5.74, 6) is -11.6. The molecular weight excluding hydrogens is 233 g/mol. The molecule has 1 aromatic rings. The summed E-state index contributed by atoms with van der Waals surface area (Å²) in [5, 5.41) is 8.73. The molecule has 0 saturated heterocycles. The number of aliphatic hydroxyl groups is 1. The fourth-order valence-electron chi connectivity index (χ4n) is 1.26. The van der Waals surface area contributed by atoms with Crippen molar-refractivity contribution in [3.05, 3.63) is 34.6 Å². The van der Waals surface area contributed by atoms with Crippen LogP contribution in [0.2, 0.25) is 0 Å². The molecule has 0 aliphatic rings. The molecule has 0 bridgehead atoms. The van der Waals surface area contributed by atoms with E-state index in [-0.39, 0.29) is 0 Å². The maximum absolute atomic E-state index is 13.1. The summed E-state index contributed by atoms with van der Waals surface area (Å²) in [5.41, 5.74) is 3.98. The van der Waals surface area contributed by atoms with E-state index in [9.17, 15) is 22.0 Å². The molecule has 90 valence electrons. The average molecular weight is 241 g/mol. The molecule has 0 radical (unpaired) electrons. The molecule has 0 amide bonds. The van der Waals surface area contributed by atoms with Gasteiger partial charge in [-0.25, -0.2) is 22.0 Å². The van der Waals surface area contributed by atoms with Gasteiger partial charge in [-0.1, -0.05) is 0 Å². The summed E-state index contributed by atoms with van der Waals surface area (Å²) in [6.07, 6.45) is 0. The molecule has 2 nitrogen and oxygen atoms in total. The van der Waals surface area contributed by atoms with Gasteiger partial charge in [0.2, 0.25) is 5.82 Å². The van der Waals surface area contributed by atoms with E-state index in [0.29, 0.717) is 0 Å². The Hall–Kier alpha value is -1.21. The third-order valence-corrected chi connectivity index (χ3v) is 2.16. The summed E-state index contributed by atoms with van der Waals surface area (Å²) < 4.78 is 64.4. The minimum Gasteiger partial charge on any atom is -0.396 e. The van der Waals surface area contributed by atoms with E-state index in [2.05, 4.69) is 0 Å². The highest BCUT2D eigenvalue weighted by molar-refractivity contribution is 5.27. The molecule has 1 rings (SSSR count). The minimum atomic E-state index is -2.23. The molecule has 16 heavy (non-hydrogen) atoms. The molecule has 0 heterocycles. The molecule has 0 aromatic heterocycles. The fourth-order valence-corrected chi connectivity index (χ4v) is 1.26. The maximum Gasteiger partial charge on any atom is 0.200 e. The van der Waals surface area contributed by atoms with E-state index in [1.54, 1.807) is 0 Å². The van der Waals surface area contributed by atoms with Crippen LogP contribution in [0.15, 0.2) is 0 Å². The van der Waals surface area contributed by atoms with Crippen LogP contribution in [0.1, 0.15) is 11.5 Å². The summed E-state index contributed by atoms with van der Waals surface area (Å²) in [7, 11) is 0. The fraction of sp³-hybridized carbons (Fsp3) is 0.333. The number of nitrogens with two attached hydrogens (primary N) is 1. The first-order valence-corrected chi connectivity index (χ1v) is 4.27. The molecule has 1 atom stereocenters. The second-order valence-corrected chi connectivity index (χ2v) is 3.10. The van der Waals surface area contributed by atoms with Gasteiger partial charge in [-0.2, -0.15) is 0 Å². The predicted octanol–water partition coefficient (Wildman–Crippen LogP) is 1.42. The summed E-state index contributed by atoms with van der Waals surface area (Å²) in [4.78, 5) is 0. The summed E-state index contributed by atoms with van der Waals surface area (Å²) in [6, 6.07) is 0. The lowest BCUT2D eigenvalue weighted by Crippen LogP contribution is -2.21. The van der Waals surface area contributed by atoms with Crippen LogP contribution in [0.4, 0.5) is 22.0 Å². The molecule has 0 aliphatic carbocycles. The van der Waals surface area contributed by atoms with Crippen LogP contribution in [-0.4, -0.2) is 18.3 Å². The van der Waals surface area contributed by atoms with Gasteiger partial charge in [0.1, 0.15) is 0 Å². The quantitative estimate of drug-likeness (QED) is 0.477. The topological polar surface area (TPSA) is 46.2 Å². The van der Waals surface area contributed by atoms with Gasteiger partial charge >= 0.3 is 0 Å². The monoisotopic (exact) mass is 241 g/mol. The molecule has 1 aromatic carbocycles. The number of rotatable bonds is 3. The van der Waals surface area contributed by atoms with Crippen LogP contribution >= 0.6 is 0 Å². The van der Waals surface area contributed by atoms with Crippen LogP contribution in [-0.2, 0) is 0 Å². The lowest BCUT2D eigenvalue weighted by atomic mass is 9.98. The van der Waals surface area contributed by atoms with Crippen molar-refractivity contribution in [3.63, 3.8) is 0 Å². The highest BCUT2D eigenvalue weighted by Crippen LogP contribution is 2.28. The van der Waals surface area contributed by atoms with Gasteiger partial charge < -0.3 is 10.8 Å². The van der Waals surface area contributed by atoms with Gasteiger partial charge in [-0.3, -0.25) is 0 Å². The molecule has 0 aliphatic heterocycles. The van der Waals surface area contributed by atoms with Gasteiger partial charge in [-0.05, 0) is 0 Å². The zero-order valence-electron chi connectivity index (χ0n) is 7.91. The standard InChI is InChI=1S/C9H8F5NO/c10-5-4(3(1-15)2-16)6(11)8(13)9(14)7(5)12/h3,16H,1-2,15H2. The van der Waals surface area contributed by atoms with Gasteiger partial charge in [0.15, 0.2) is 23.3 Å². The second-order valence-electron chi connectivity index (χ2n) is 3.10. The van der Waals surface area contributed by atoms with Crippen molar-refractivity contribution in [2.24, 2.45) is 5.73 Å². The first-order valence-electron chi connectivity index (χ1n) is 4.27. The van der Waals surface area contributed by atoms with Crippen LogP contribution in [0.5, 0.6) is 0 Å². The number of hydrogen-bond donors (Lipinski definition) is 2. The van der Waals surface area contributed by atoms with Gasteiger partial charge in [-0.15, -0.1) is 0 Å².